The third-order valence-electron chi connectivity index (χ3n) is 7.24. The van der Waals surface area contributed by atoms with Gasteiger partial charge in [-0.05, 0) is 23.6 Å². The number of rotatable bonds is 11. The summed E-state index contributed by atoms with van der Waals surface area (Å²) in [5, 5.41) is 23.2. The van der Waals surface area contributed by atoms with Crippen LogP contribution in [0.2, 0.25) is 5.28 Å². The van der Waals surface area contributed by atoms with Crippen LogP contribution in [-0.2, 0) is 26.3 Å². The molecule has 0 radical (unpaired) electrons. The molecule has 1 aromatic carbocycles. The monoisotopic (exact) mass is 589 g/mol. The minimum absolute atomic E-state index is 0.0883. The average Bonchev–Trinajstić information content (AvgIpc) is 3.44. The van der Waals surface area contributed by atoms with Gasteiger partial charge in [-0.25, -0.2) is 19.2 Å². The number of nitrogens with zero attached hydrogens (tertiary/aromatic N) is 5. The Morgan fingerprint density at radius 3 is 2.75 bits per heavy atom. The molecule has 0 bridgehead atoms. The number of imidazole rings is 1. The quantitative estimate of drug-likeness (QED) is 0.196. The standard InChI is InChI=1S/C26H25ClFN5O6S/c1-2-3-9-37-21-16-20(31-24(27)32-21)33(12-29-16)22-17(28)26(36)18(38-22)19(26)39-25(23(34)35,15-11-40-13-30-15)10-14-7-5-4-6-8-14/h4-8,11-13,17-19,22,36H,2-3,9-10H2,1H3,(H,34,35)/t17-,18-,19?,22-,25?,26+/m1/s1. The number of hydrogen-bond donors (Lipinski definition) is 2. The number of fused-ring (bicyclic) bond motifs is 2. The van der Waals surface area contributed by atoms with E-state index in [4.69, 9.17) is 25.8 Å². The van der Waals surface area contributed by atoms with Gasteiger partial charge in [0.1, 0.15) is 12.2 Å². The first-order valence-electron chi connectivity index (χ1n) is 12.7. The van der Waals surface area contributed by atoms with Crippen LogP contribution in [0.4, 0.5) is 4.39 Å². The molecule has 210 valence electrons. The van der Waals surface area contributed by atoms with Crippen LogP contribution < -0.4 is 4.74 Å². The molecule has 4 heterocycles. The first-order valence-corrected chi connectivity index (χ1v) is 14.0. The van der Waals surface area contributed by atoms with Crippen molar-refractivity contribution in [3.8, 4) is 5.88 Å². The van der Waals surface area contributed by atoms with Crippen LogP contribution in [0.25, 0.3) is 11.2 Å². The normalized spacial score (nSPS) is 26.9. The van der Waals surface area contributed by atoms with Crippen LogP contribution in [0.3, 0.4) is 0 Å². The van der Waals surface area contributed by atoms with E-state index in [0.717, 1.165) is 12.8 Å². The lowest BCUT2D eigenvalue weighted by atomic mass is 9.91. The number of carbonyl (C=O) groups is 1. The number of hydrogen-bond acceptors (Lipinski definition) is 10. The van der Waals surface area contributed by atoms with Crippen LogP contribution in [-0.4, -0.2) is 71.3 Å². The van der Waals surface area contributed by atoms with Gasteiger partial charge in [0.2, 0.25) is 16.8 Å². The first-order chi connectivity index (χ1) is 19.3. The van der Waals surface area contributed by atoms with Crippen molar-refractivity contribution in [3.63, 3.8) is 0 Å². The minimum Gasteiger partial charge on any atom is -0.479 e. The van der Waals surface area contributed by atoms with E-state index in [1.54, 1.807) is 29.6 Å². The Kier molecular flexibility index (Phi) is 6.95. The predicted molar refractivity (Wildman–Crippen MR) is 141 cm³/mol. The number of carboxylic acid groups (broad SMARTS) is 1. The maximum Gasteiger partial charge on any atom is 0.342 e. The van der Waals surface area contributed by atoms with E-state index in [-0.39, 0.29) is 34.4 Å². The molecule has 6 atom stereocenters. The minimum atomic E-state index is -2.11. The van der Waals surface area contributed by atoms with Crippen molar-refractivity contribution < 1.29 is 33.6 Å². The summed E-state index contributed by atoms with van der Waals surface area (Å²) < 4.78 is 35.0. The average molecular weight is 590 g/mol. The lowest BCUT2D eigenvalue weighted by molar-refractivity contribution is -0.183. The number of aromatic nitrogens is 5. The van der Waals surface area contributed by atoms with E-state index in [2.05, 4.69) is 19.9 Å². The smallest absolute Gasteiger partial charge is 0.342 e. The van der Waals surface area contributed by atoms with Gasteiger partial charge in [0.15, 0.2) is 29.2 Å². The van der Waals surface area contributed by atoms with Gasteiger partial charge in [-0.2, -0.15) is 9.97 Å². The van der Waals surface area contributed by atoms with Gasteiger partial charge in [-0.15, -0.1) is 11.3 Å². The number of aliphatic hydroxyl groups is 1. The Bertz CT molecular complexity index is 1530. The molecular formula is C26H25ClFN5O6S. The molecule has 40 heavy (non-hydrogen) atoms. The summed E-state index contributed by atoms with van der Waals surface area (Å²) in [6, 6.07) is 8.89. The summed E-state index contributed by atoms with van der Waals surface area (Å²) in [5.41, 5.74) is -1.32. The fraction of sp³-hybridized carbons (Fsp3) is 0.423. The molecule has 1 aliphatic heterocycles. The second-order valence-corrected chi connectivity index (χ2v) is 10.8. The highest BCUT2D eigenvalue weighted by Crippen LogP contribution is 2.58. The Morgan fingerprint density at radius 2 is 2.10 bits per heavy atom. The SMILES string of the molecule is CCCCOc1nc(Cl)nc2c1ncn2[C@@H]1O[C@@H]2C(OC(Cc3ccccc3)(C(=O)O)c3cscn3)[C@]2(O)[C@@H]1F. The molecule has 6 rings (SSSR count). The van der Waals surface area contributed by atoms with Crippen molar-refractivity contribution in [2.75, 3.05) is 6.61 Å². The van der Waals surface area contributed by atoms with Crippen LogP contribution >= 0.6 is 22.9 Å². The second-order valence-electron chi connectivity index (χ2n) is 9.77. The fourth-order valence-electron chi connectivity index (χ4n) is 5.04. The maximum atomic E-state index is 16.0. The number of thiazole rings is 1. The molecule has 2 fully saturated rings. The molecule has 2 N–H and O–H groups in total. The number of ether oxygens (including phenoxy) is 3. The van der Waals surface area contributed by atoms with Crippen LogP contribution in [0.5, 0.6) is 5.88 Å². The lowest BCUT2D eigenvalue weighted by Gasteiger charge is -2.31. The van der Waals surface area contributed by atoms with Crippen LogP contribution in [0, 0.1) is 0 Å². The van der Waals surface area contributed by atoms with E-state index < -0.39 is 41.8 Å². The molecule has 0 amide bonds. The zero-order chi connectivity index (χ0) is 28.1. The van der Waals surface area contributed by atoms with Crippen LogP contribution in [0.15, 0.2) is 47.5 Å². The fourth-order valence-corrected chi connectivity index (χ4v) is 5.81. The summed E-state index contributed by atoms with van der Waals surface area (Å²) in [6.07, 6.45) is -2.79. The number of alkyl halides is 1. The predicted octanol–water partition coefficient (Wildman–Crippen LogP) is 3.70. The zero-order valence-electron chi connectivity index (χ0n) is 21.2. The van der Waals surface area contributed by atoms with Gasteiger partial charge in [0.05, 0.1) is 24.1 Å². The molecule has 2 unspecified atom stereocenters. The Hall–Kier alpha value is -3.23. The third-order valence-corrected chi connectivity index (χ3v) is 8.00. The maximum absolute atomic E-state index is 16.0. The summed E-state index contributed by atoms with van der Waals surface area (Å²) in [6.45, 7) is 2.41. The number of unbranched alkanes of at least 4 members (excludes halogenated alkanes) is 1. The number of carboxylic acids is 1. The molecule has 1 saturated carbocycles. The van der Waals surface area contributed by atoms with Crippen molar-refractivity contribution >= 4 is 40.1 Å². The Morgan fingerprint density at radius 1 is 1.30 bits per heavy atom. The van der Waals surface area contributed by atoms with Crippen molar-refractivity contribution in [3.05, 3.63) is 64.1 Å². The van der Waals surface area contributed by atoms with Gasteiger partial charge in [0.25, 0.3) is 0 Å². The number of aliphatic carboxylic acids is 1. The summed E-state index contributed by atoms with van der Waals surface area (Å²) >= 11 is 7.31. The molecular weight excluding hydrogens is 565 g/mol. The molecule has 2 aliphatic rings. The topological polar surface area (TPSA) is 142 Å². The van der Waals surface area contributed by atoms with Gasteiger partial charge in [0, 0.05) is 11.8 Å². The van der Waals surface area contributed by atoms with E-state index in [1.807, 2.05) is 13.0 Å². The lowest BCUT2D eigenvalue weighted by Crippen LogP contribution is -2.45. The summed E-state index contributed by atoms with van der Waals surface area (Å²) in [5.74, 6) is -1.15. The van der Waals surface area contributed by atoms with Crippen molar-refractivity contribution in [1.29, 1.82) is 0 Å². The highest BCUT2D eigenvalue weighted by Gasteiger charge is 2.80. The number of halogens is 2. The summed E-state index contributed by atoms with van der Waals surface area (Å²) in [4.78, 5) is 29.5. The molecule has 1 aliphatic carbocycles. The van der Waals surface area contributed by atoms with E-state index in [1.165, 1.54) is 27.7 Å². The third kappa shape index (κ3) is 4.32. The molecule has 1 saturated heterocycles. The van der Waals surface area contributed by atoms with Gasteiger partial charge in [-0.1, -0.05) is 43.7 Å². The second kappa shape index (κ2) is 10.3. The highest BCUT2D eigenvalue weighted by atomic mass is 35.5. The molecule has 11 nitrogen and oxygen atoms in total. The van der Waals surface area contributed by atoms with Crippen molar-refractivity contribution in [1.82, 2.24) is 24.5 Å². The van der Waals surface area contributed by atoms with Gasteiger partial charge >= 0.3 is 5.97 Å². The Labute approximate surface area is 236 Å². The molecule has 4 aromatic rings. The summed E-state index contributed by atoms with van der Waals surface area (Å²) in [7, 11) is 0. The molecule has 0 spiro atoms. The molecule has 3 aromatic heterocycles. The molecule has 14 heteroatoms. The van der Waals surface area contributed by atoms with Crippen LogP contribution in [0.1, 0.15) is 37.3 Å². The number of benzene rings is 1. The largest absolute Gasteiger partial charge is 0.479 e. The Balaban J connectivity index is 1.28. The van der Waals surface area contributed by atoms with Gasteiger partial charge < -0.3 is 24.4 Å². The first kappa shape index (κ1) is 27.0. The van der Waals surface area contributed by atoms with E-state index in [9.17, 15) is 15.0 Å². The van der Waals surface area contributed by atoms with E-state index in [0.29, 0.717) is 12.2 Å². The van der Waals surface area contributed by atoms with Crippen molar-refractivity contribution in [2.24, 2.45) is 0 Å². The van der Waals surface area contributed by atoms with Gasteiger partial charge in [-0.3, -0.25) is 4.57 Å². The zero-order valence-corrected chi connectivity index (χ0v) is 22.8. The van der Waals surface area contributed by atoms with E-state index >= 15 is 4.39 Å². The van der Waals surface area contributed by atoms with Crippen molar-refractivity contribution in [2.45, 2.75) is 62.0 Å². The highest BCUT2D eigenvalue weighted by molar-refractivity contribution is 7.07.